The summed E-state index contributed by atoms with van der Waals surface area (Å²) in [7, 11) is 0. The van der Waals surface area contributed by atoms with Crippen LogP contribution in [-0.4, -0.2) is 10.1 Å². The lowest BCUT2D eigenvalue weighted by Gasteiger charge is -1.97. The number of rotatable bonds is 3. The van der Waals surface area contributed by atoms with Gasteiger partial charge in [0.2, 0.25) is 11.7 Å². The van der Waals surface area contributed by atoms with Crippen molar-refractivity contribution in [2.75, 3.05) is 0 Å². The fourth-order valence-corrected chi connectivity index (χ4v) is 2.05. The van der Waals surface area contributed by atoms with E-state index in [1.807, 2.05) is 24.3 Å². The zero-order chi connectivity index (χ0) is 13.9. The standard InChI is InChI=1S/C16H13ClN2O/c1-11-2-4-12(5-3-11)10-15-18-16(19-20-15)13-6-8-14(17)9-7-13/h2-9H,10H2,1H3. The zero-order valence-corrected chi connectivity index (χ0v) is 11.8. The lowest BCUT2D eigenvalue weighted by molar-refractivity contribution is 0.385. The van der Waals surface area contributed by atoms with E-state index in [-0.39, 0.29) is 0 Å². The van der Waals surface area contributed by atoms with Crippen LogP contribution in [0, 0.1) is 6.92 Å². The molecular weight excluding hydrogens is 272 g/mol. The second kappa shape index (κ2) is 5.47. The van der Waals surface area contributed by atoms with Crippen LogP contribution in [0.5, 0.6) is 0 Å². The summed E-state index contributed by atoms with van der Waals surface area (Å²) in [5, 5.41) is 4.69. The third kappa shape index (κ3) is 2.89. The van der Waals surface area contributed by atoms with Gasteiger partial charge in [-0.05, 0) is 36.8 Å². The molecule has 0 aliphatic heterocycles. The van der Waals surface area contributed by atoms with Crippen LogP contribution in [-0.2, 0) is 6.42 Å². The molecule has 0 bridgehead atoms. The Morgan fingerprint density at radius 2 is 1.70 bits per heavy atom. The molecule has 0 fully saturated rings. The fourth-order valence-electron chi connectivity index (χ4n) is 1.92. The Kier molecular flexibility index (Phi) is 3.52. The van der Waals surface area contributed by atoms with Crippen molar-refractivity contribution in [1.82, 2.24) is 10.1 Å². The molecule has 3 nitrogen and oxygen atoms in total. The van der Waals surface area contributed by atoms with E-state index in [1.165, 1.54) is 5.56 Å². The summed E-state index contributed by atoms with van der Waals surface area (Å²) >= 11 is 5.86. The highest BCUT2D eigenvalue weighted by Gasteiger charge is 2.09. The summed E-state index contributed by atoms with van der Waals surface area (Å²) in [4.78, 5) is 4.41. The lowest BCUT2D eigenvalue weighted by Crippen LogP contribution is -1.88. The highest BCUT2D eigenvalue weighted by atomic mass is 35.5. The Morgan fingerprint density at radius 3 is 2.40 bits per heavy atom. The van der Waals surface area contributed by atoms with E-state index in [1.54, 1.807) is 0 Å². The van der Waals surface area contributed by atoms with Crippen molar-refractivity contribution in [2.45, 2.75) is 13.3 Å². The van der Waals surface area contributed by atoms with Crippen molar-refractivity contribution in [2.24, 2.45) is 0 Å². The number of benzene rings is 2. The van der Waals surface area contributed by atoms with Gasteiger partial charge in [-0.3, -0.25) is 0 Å². The molecule has 0 amide bonds. The minimum absolute atomic E-state index is 0.587. The molecule has 2 aromatic carbocycles. The summed E-state index contributed by atoms with van der Waals surface area (Å²) < 4.78 is 5.29. The van der Waals surface area contributed by atoms with Crippen LogP contribution < -0.4 is 0 Å². The van der Waals surface area contributed by atoms with Gasteiger partial charge in [0.15, 0.2) is 0 Å². The Balaban J connectivity index is 1.80. The molecule has 1 heterocycles. The molecule has 0 aliphatic rings. The van der Waals surface area contributed by atoms with E-state index in [4.69, 9.17) is 16.1 Å². The molecule has 0 unspecified atom stereocenters. The lowest BCUT2D eigenvalue weighted by atomic mass is 10.1. The van der Waals surface area contributed by atoms with Crippen LogP contribution >= 0.6 is 11.6 Å². The molecule has 0 atom stereocenters. The molecule has 0 spiro atoms. The van der Waals surface area contributed by atoms with Crippen LogP contribution in [0.3, 0.4) is 0 Å². The van der Waals surface area contributed by atoms with Crippen LogP contribution in [0.4, 0.5) is 0 Å². The molecule has 3 rings (SSSR count). The number of aryl methyl sites for hydroxylation is 1. The summed E-state index contributed by atoms with van der Waals surface area (Å²) in [6, 6.07) is 15.7. The number of aromatic nitrogens is 2. The van der Waals surface area contributed by atoms with Crippen LogP contribution in [0.25, 0.3) is 11.4 Å². The van der Waals surface area contributed by atoms with Crippen molar-refractivity contribution in [3.8, 4) is 11.4 Å². The minimum Gasteiger partial charge on any atom is -0.339 e. The van der Waals surface area contributed by atoms with E-state index < -0.39 is 0 Å². The van der Waals surface area contributed by atoms with E-state index in [0.29, 0.717) is 23.2 Å². The van der Waals surface area contributed by atoms with Gasteiger partial charge in [-0.25, -0.2) is 0 Å². The normalized spacial score (nSPS) is 10.7. The van der Waals surface area contributed by atoms with Crippen molar-refractivity contribution in [3.05, 3.63) is 70.6 Å². The van der Waals surface area contributed by atoms with Gasteiger partial charge in [0.1, 0.15) is 0 Å². The third-order valence-electron chi connectivity index (χ3n) is 3.05. The second-order valence-electron chi connectivity index (χ2n) is 4.68. The maximum atomic E-state index is 5.86. The highest BCUT2D eigenvalue weighted by Crippen LogP contribution is 2.19. The topological polar surface area (TPSA) is 38.9 Å². The third-order valence-corrected chi connectivity index (χ3v) is 3.30. The van der Waals surface area contributed by atoms with Gasteiger partial charge in [0.05, 0.1) is 6.42 Å². The van der Waals surface area contributed by atoms with Gasteiger partial charge in [-0.1, -0.05) is 46.6 Å². The quantitative estimate of drug-likeness (QED) is 0.720. The molecule has 0 radical (unpaired) electrons. The average molecular weight is 285 g/mol. The van der Waals surface area contributed by atoms with Gasteiger partial charge < -0.3 is 4.52 Å². The first-order valence-corrected chi connectivity index (χ1v) is 6.72. The first-order valence-electron chi connectivity index (χ1n) is 6.35. The van der Waals surface area contributed by atoms with Gasteiger partial charge >= 0.3 is 0 Å². The summed E-state index contributed by atoms with van der Waals surface area (Å²) in [5.41, 5.74) is 3.29. The maximum Gasteiger partial charge on any atom is 0.231 e. The van der Waals surface area contributed by atoms with Gasteiger partial charge in [0.25, 0.3) is 0 Å². The summed E-state index contributed by atoms with van der Waals surface area (Å²) in [5.74, 6) is 1.20. The molecule has 0 aliphatic carbocycles. The predicted molar refractivity (Wildman–Crippen MR) is 78.7 cm³/mol. The fraction of sp³-hybridized carbons (Fsp3) is 0.125. The molecule has 3 aromatic rings. The van der Waals surface area contributed by atoms with Crippen LogP contribution in [0.2, 0.25) is 5.02 Å². The first kappa shape index (κ1) is 12.9. The van der Waals surface area contributed by atoms with Crippen molar-refractivity contribution >= 4 is 11.6 Å². The number of hydrogen-bond donors (Lipinski definition) is 0. The highest BCUT2D eigenvalue weighted by molar-refractivity contribution is 6.30. The molecule has 0 saturated heterocycles. The van der Waals surface area contributed by atoms with E-state index in [0.717, 1.165) is 11.1 Å². The summed E-state index contributed by atoms with van der Waals surface area (Å²) in [6.07, 6.45) is 0.640. The molecule has 0 N–H and O–H groups in total. The average Bonchev–Trinajstić information content (AvgIpc) is 2.91. The number of halogens is 1. The predicted octanol–water partition coefficient (Wildman–Crippen LogP) is 4.29. The zero-order valence-electron chi connectivity index (χ0n) is 11.0. The van der Waals surface area contributed by atoms with Crippen molar-refractivity contribution in [1.29, 1.82) is 0 Å². The van der Waals surface area contributed by atoms with Crippen LogP contribution in [0.15, 0.2) is 53.1 Å². The minimum atomic E-state index is 0.587. The largest absolute Gasteiger partial charge is 0.339 e. The first-order chi connectivity index (χ1) is 9.70. The van der Waals surface area contributed by atoms with E-state index in [9.17, 15) is 0 Å². The van der Waals surface area contributed by atoms with Gasteiger partial charge in [-0.15, -0.1) is 0 Å². The molecule has 4 heteroatoms. The van der Waals surface area contributed by atoms with E-state index >= 15 is 0 Å². The Bertz CT molecular complexity index is 702. The van der Waals surface area contributed by atoms with Crippen molar-refractivity contribution < 1.29 is 4.52 Å². The van der Waals surface area contributed by atoms with Crippen LogP contribution in [0.1, 0.15) is 17.0 Å². The summed E-state index contributed by atoms with van der Waals surface area (Å²) in [6.45, 7) is 2.06. The van der Waals surface area contributed by atoms with Gasteiger partial charge in [0, 0.05) is 10.6 Å². The smallest absolute Gasteiger partial charge is 0.231 e. The monoisotopic (exact) mass is 284 g/mol. The Morgan fingerprint density at radius 1 is 1.00 bits per heavy atom. The number of nitrogens with zero attached hydrogens (tertiary/aromatic N) is 2. The van der Waals surface area contributed by atoms with Crippen molar-refractivity contribution in [3.63, 3.8) is 0 Å². The Labute approximate surface area is 122 Å². The molecule has 0 saturated carbocycles. The SMILES string of the molecule is Cc1ccc(Cc2nc(-c3ccc(Cl)cc3)no2)cc1. The molecule has 100 valence electrons. The maximum absolute atomic E-state index is 5.86. The number of hydrogen-bond acceptors (Lipinski definition) is 3. The molecule has 20 heavy (non-hydrogen) atoms. The Hall–Kier alpha value is -2.13. The second-order valence-corrected chi connectivity index (χ2v) is 5.12. The molecular formula is C16H13ClN2O. The van der Waals surface area contributed by atoms with Gasteiger partial charge in [-0.2, -0.15) is 4.98 Å². The molecule has 1 aromatic heterocycles. The van der Waals surface area contributed by atoms with E-state index in [2.05, 4.69) is 41.3 Å².